The molecule has 0 aromatic heterocycles. The van der Waals surface area contributed by atoms with E-state index in [1.54, 1.807) is 17.2 Å². The Balaban J connectivity index is 1.65. The van der Waals surface area contributed by atoms with Gasteiger partial charge in [-0.15, -0.1) is 5.06 Å². The first-order valence-electron chi connectivity index (χ1n) is 7.93. The minimum atomic E-state index is -0.486. The van der Waals surface area contributed by atoms with Crippen LogP contribution < -0.4 is 4.74 Å². The van der Waals surface area contributed by atoms with Gasteiger partial charge in [0.2, 0.25) is 0 Å². The van der Waals surface area contributed by atoms with Crippen LogP contribution in [0.5, 0.6) is 5.75 Å². The normalized spacial score (nSPS) is 17.0. The fourth-order valence-electron chi connectivity index (χ4n) is 2.12. The maximum Gasteiger partial charge on any atom is 0.330 e. The number of piperazine rings is 1. The van der Waals surface area contributed by atoms with Crippen LogP contribution in [0.1, 0.15) is 20.8 Å². The number of benzene rings is 1. The van der Waals surface area contributed by atoms with Gasteiger partial charge in [0, 0.05) is 32.7 Å². The van der Waals surface area contributed by atoms with Gasteiger partial charge in [0.05, 0.1) is 5.41 Å². The average molecular weight is 324 g/mol. The van der Waals surface area contributed by atoms with Crippen molar-refractivity contribution in [3.05, 3.63) is 30.1 Å². The van der Waals surface area contributed by atoms with Crippen molar-refractivity contribution in [2.75, 3.05) is 39.3 Å². The van der Waals surface area contributed by atoms with Crippen LogP contribution in [0, 0.1) is 11.2 Å². The Morgan fingerprint density at radius 1 is 1.13 bits per heavy atom. The number of hydrogen-bond donors (Lipinski definition) is 0. The third-order valence-electron chi connectivity index (χ3n) is 3.65. The SMILES string of the molecule is CC(C)(C)C(=O)ON1CCN(CCOc2ccc(F)cc2)CC1. The topological polar surface area (TPSA) is 42.0 Å². The lowest BCUT2D eigenvalue weighted by molar-refractivity contribution is -0.207. The summed E-state index contributed by atoms with van der Waals surface area (Å²) in [7, 11) is 0. The molecule has 0 unspecified atom stereocenters. The van der Waals surface area contributed by atoms with Crippen molar-refractivity contribution in [1.29, 1.82) is 0 Å². The zero-order valence-corrected chi connectivity index (χ0v) is 14.0. The monoisotopic (exact) mass is 324 g/mol. The summed E-state index contributed by atoms with van der Waals surface area (Å²) in [6, 6.07) is 6.02. The molecule has 0 bridgehead atoms. The van der Waals surface area contributed by atoms with Gasteiger partial charge in [0.25, 0.3) is 0 Å². The second-order valence-corrected chi connectivity index (χ2v) is 6.70. The highest BCUT2D eigenvalue weighted by molar-refractivity contribution is 5.75. The highest BCUT2D eigenvalue weighted by atomic mass is 19.1. The van der Waals surface area contributed by atoms with Gasteiger partial charge in [-0.05, 0) is 45.0 Å². The quantitative estimate of drug-likeness (QED) is 0.831. The maximum absolute atomic E-state index is 12.8. The molecule has 1 fully saturated rings. The second-order valence-electron chi connectivity index (χ2n) is 6.70. The summed E-state index contributed by atoms with van der Waals surface area (Å²) in [5.74, 6) is 0.202. The van der Waals surface area contributed by atoms with Crippen molar-refractivity contribution in [1.82, 2.24) is 9.96 Å². The molecule has 1 aliphatic rings. The van der Waals surface area contributed by atoms with E-state index < -0.39 is 5.41 Å². The van der Waals surface area contributed by atoms with Gasteiger partial charge >= 0.3 is 5.97 Å². The van der Waals surface area contributed by atoms with E-state index in [1.807, 2.05) is 20.8 Å². The number of nitrogens with zero attached hydrogens (tertiary/aromatic N) is 2. The summed E-state index contributed by atoms with van der Waals surface area (Å²) in [5, 5.41) is 1.73. The number of hydrogen-bond acceptors (Lipinski definition) is 5. The van der Waals surface area contributed by atoms with Gasteiger partial charge < -0.3 is 9.57 Å². The van der Waals surface area contributed by atoms with Crippen molar-refractivity contribution in [3.63, 3.8) is 0 Å². The molecule has 0 amide bonds. The van der Waals surface area contributed by atoms with Gasteiger partial charge in [-0.3, -0.25) is 4.90 Å². The Labute approximate surface area is 136 Å². The van der Waals surface area contributed by atoms with Crippen molar-refractivity contribution >= 4 is 5.97 Å². The fourth-order valence-corrected chi connectivity index (χ4v) is 2.12. The predicted molar refractivity (Wildman–Crippen MR) is 85.5 cm³/mol. The van der Waals surface area contributed by atoms with Crippen molar-refractivity contribution in [2.24, 2.45) is 5.41 Å². The summed E-state index contributed by atoms with van der Waals surface area (Å²) in [6.07, 6.45) is 0. The maximum atomic E-state index is 12.8. The van der Waals surface area contributed by atoms with Crippen molar-refractivity contribution < 1.29 is 18.8 Å². The minimum absolute atomic E-state index is 0.203. The average Bonchev–Trinajstić information content (AvgIpc) is 2.50. The van der Waals surface area contributed by atoms with Crippen LogP contribution in [-0.4, -0.2) is 55.3 Å². The lowest BCUT2D eigenvalue weighted by atomic mass is 9.98. The van der Waals surface area contributed by atoms with Gasteiger partial charge in [-0.1, -0.05) is 0 Å². The Hall–Kier alpha value is -1.66. The van der Waals surface area contributed by atoms with Crippen LogP contribution in [0.3, 0.4) is 0 Å². The molecule has 0 radical (unpaired) electrons. The Bertz CT molecular complexity index is 506. The number of carbonyl (C=O) groups is 1. The number of ether oxygens (including phenoxy) is 1. The number of halogens is 1. The lowest BCUT2D eigenvalue weighted by Crippen LogP contribution is -2.48. The fraction of sp³-hybridized carbons (Fsp3) is 0.588. The zero-order chi connectivity index (χ0) is 16.9. The number of hydroxylamine groups is 2. The molecular weight excluding hydrogens is 299 g/mol. The molecule has 1 aromatic carbocycles. The van der Waals surface area contributed by atoms with Crippen LogP contribution in [0.25, 0.3) is 0 Å². The minimum Gasteiger partial charge on any atom is -0.492 e. The molecule has 0 saturated carbocycles. The molecule has 0 atom stereocenters. The van der Waals surface area contributed by atoms with E-state index in [-0.39, 0.29) is 11.8 Å². The molecule has 1 aliphatic heterocycles. The summed E-state index contributed by atoms with van der Waals surface area (Å²) >= 11 is 0. The molecule has 0 aliphatic carbocycles. The van der Waals surface area contributed by atoms with E-state index in [0.717, 1.165) is 19.6 Å². The van der Waals surface area contributed by atoms with Gasteiger partial charge in [0.1, 0.15) is 18.2 Å². The van der Waals surface area contributed by atoms with Gasteiger partial charge in [0.15, 0.2) is 0 Å². The van der Waals surface area contributed by atoms with Gasteiger partial charge in [-0.25, -0.2) is 9.18 Å². The van der Waals surface area contributed by atoms with Crippen LogP contribution in [0.4, 0.5) is 4.39 Å². The first-order chi connectivity index (χ1) is 10.8. The summed E-state index contributed by atoms with van der Waals surface area (Å²) < 4.78 is 18.4. The summed E-state index contributed by atoms with van der Waals surface area (Å²) in [5.41, 5.74) is -0.486. The largest absolute Gasteiger partial charge is 0.492 e. The first kappa shape index (κ1) is 17.7. The Morgan fingerprint density at radius 2 is 1.74 bits per heavy atom. The Kier molecular flexibility index (Phi) is 5.96. The van der Waals surface area contributed by atoms with Crippen molar-refractivity contribution in [2.45, 2.75) is 20.8 Å². The van der Waals surface area contributed by atoms with E-state index in [0.29, 0.717) is 25.4 Å². The van der Waals surface area contributed by atoms with E-state index in [1.165, 1.54) is 12.1 Å². The molecule has 2 rings (SSSR count). The third-order valence-corrected chi connectivity index (χ3v) is 3.65. The molecule has 0 N–H and O–H groups in total. The highest BCUT2D eigenvalue weighted by Crippen LogP contribution is 2.17. The van der Waals surface area contributed by atoms with Crippen molar-refractivity contribution in [3.8, 4) is 5.75 Å². The van der Waals surface area contributed by atoms with Crippen LogP contribution in [0.15, 0.2) is 24.3 Å². The predicted octanol–water partition coefficient (Wildman–Crippen LogP) is 2.33. The van der Waals surface area contributed by atoms with Crippen LogP contribution in [-0.2, 0) is 9.63 Å². The second kappa shape index (κ2) is 7.75. The molecule has 23 heavy (non-hydrogen) atoms. The molecular formula is C17H25FN2O3. The summed E-state index contributed by atoms with van der Waals surface area (Å²) in [4.78, 5) is 19.5. The van der Waals surface area contributed by atoms with E-state index in [2.05, 4.69) is 4.90 Å². The number of carbonyl (C=O) groups excluding carboxylic acids is 1. The third kappa shape index (κ3) is 5.80. The molecule has 0 spiro atoms. The van der Waals surface area contributed by atoms with E-state index in [4.69, 9.17) is 9.57 Å². The van der Waals surface area contributed by atoms with Crippen LogP contribution in [0.2, 0.25) is 0 Å². The first-order valence-corrected chi connectivity index (χ1v) is 7.93. The van der Waals surface area contributed by atoms with Gasteiger partial charge in [-0.2, -0.15) is 0 Å². The molecule has 1 aromatic rings. The standard InChI is InChI=1S/C17H25FN2O3/c1-17(2,3)16(21)23-20-10-8-19(9-11-20)12-13-22-15-6-4-14(18)5-7-15/h4-7H,8-13H2,1-3H3. The van der Waals surface area contributed by atoms with E-state index in [9.17, 15) is 9.18 Å². The molecule has 5 nitrogen and oxygen atoms in total. The summed E-state index contributed by atoms with van der Waals surface area (Å²) in [6.45, 7) is 9.91. The smallest absolute Gasteiger partial charge is 0.330 e. The molecule has 128 valence electrons. The molecule has 1 saturated heterocycles. The Morgan fingerprint density at radius 3 is 2.30 bits per heavy atom. The zero-order valence-electron chi connectivity index (χ0n) is 14.0. The van der Waals surface area contributed by atoms with E-state index >= 15 is 0 Å². The van der Waals surface area contributed by atoms with Crippen LogP contribution >= 0.6 is 0 Å². The number of rotatable bonds is 5. The molecule has 6 heteroatoms. The molecule has 1 heterocycles. The lowest BCUT2D eigenvalue weighted by Gasteiger charge is -2.34. The highest BCUT2D eigenvalue weighted by Gasteiger charge is 2.27.